The van der Waals surface area contributed by atoms with Crippen LogP contribution in [0.1, 0.15) is 60.8 Å². The van der Waals surface area contributed by atoms with E-state index in [-0.39, 0.29) is 79.1 Å². The van der Waals surface area contributed by atoms with Crippen LogP contribution in [0.2, 0.25) is 0 Å². The lowest BCUT2D eigenvalue weighted by atomic mass is 9.77. The number of nitrogens with one attached hydrogen (secondary N) is 4. The number of ether oxygens (including phenoxy) is 6. The summed E-state index contributed by atoms with van der Waals surface area (Å²) in [5.74, 6) is -4.79. The van der Waals surface area contributed by atoms with Gasteiger partial charge in [-0.25, -0.2) is 0 Å². The summed E-state index contributed by atoms with van der Waals surface area (Å²) in [7, 11) is 0. The molecule has 13 N–H and O–H groups in total. The fraction of sp³-hybridized carbons (Fsp3) is 0.927. The minimum Gasteiger partial charge on any atom is -0.396 e. The Labute approximate surface area is 369 Å². The van der Waals surface area contributed by atoms with Crippen molar-refractivity contribution < 1.29 is 88.8 Å². The van der Waals surface area contributed by atoms with Gasteiger partial charge < -0.3 is 95.6 Å². The van der Waals surface area contributed by atoms with Crippen LogP contribution in [-0.2, 0) is 42.8 Å². The second kappa shape index (κ2) is 26.2. The van der Waals surface area contributed by atoms with Crippen molar-refractivity contribution in [3.05, 3.63) is 0 Å². The molecule has 368 valence electrons. The summed E-state index contributed by atoms with van der Waals surface area (Å²) in [4.78, 5) is 38.6. The van der Waals surface area contributed by atoms with Gasteiger partial charge in [0.15, 0.2) is 0 Å². The second-order valence-electron chi connectivity index (χ2n) is 18.5. The predicted octanol–water partition coefficient (Wildman–Crippen LogP) is -4.35. The molecule has 0 aromatic heterocycles. The van der Waals surface area contributed by atoms with Gasteiger partial charge in [0, 0.05) is 60.9 Å². The molecule has 15 atom stereocenters. The summed E-state index contributed by atoms with van der Waals surface area (Å²) in [5, 5.41) is 102. The maximum absolute atomic E-state index is 12.9. The first-order valence-electron chi connectivity index (χ1n) is 21.8. The van der Waals surface area contributed by atoms with Crippen molar-refractivity contribution in [3.63, 3.8) is 0 Å². The van der Waals surface area contributed by atoms with E-state index in [2.05, 4.69) is 21.3 Å². The Morgan fingerprint density at radius 2 is 0.762 bits per heavy atom. The third kappa shape index (κ3) is 16.9. The molecule has 0 bridgehead atoms. The van der Waals surface area contributed by atoms with Crippen molar-refractivity contribution in [1.29, 1.82) is 0 Å². The van der Waals surface area contributed by atoms with Crippen molar-refractivity contribution in [1.82, 2.24) is 21.3 Å². The number of carbonyl (C=O) groups excluding carboxylic acids is 3. The highest BCUT2D eigenvalue weighted by atomic mass is 16.5. The molecular formula is C41H76N4O18. The van der Waals surface area contributed by atoms with Gasteiger partial charge >= 0.3 is 0 Å². The Bertz CT molecular complexity index is 1230. The van der Waals surface area contributed by atoms with E-state index < -0.39 is 139 Å². The van der Waals surface area contributed by atoms with Crippen LogP contribution in [0.15, 0.2) is 0 Å². The maximum atomic E-state index is 12.9. The molecule has 0 saturated heterocycles. The van der Waals surface area contributed by atoms with Gasteiger partial charge in [0.25, 0.3) is 0 Å². The Morgan fingerprint density at radius 3 is 1.00 bits per heavy atom. The van der Waals surface area contributed by atoms with Gasteiger partial charge in [0.1, 0.15) is 40.0 Å². The fourth-order valence-corrected chi connectivity index (χ4v) is 8.48. The second-order valence-corrected chi connectivity index (χ2v) is 18.5. The average Bonchev–Trinajstić information content (AvgIpc) is 3.23. The number of amides is 3. The normalized spacial score (nSPS) is 34.8. The molecule has 22 nitrogen and oxygen atoms in total. The van der Waals surface area contributed by atoms with Crippen LogP contribution >= 0.6 is 0 Å². The monoisotopic (exact) mass is 913 g/mol. The zero-order valence-corrected chi connectivity index (χ0v) is 37.5. The first-order chi connectivity index (χ1) is 29.7. The molecule has 3 aliphatic carbocycles. The highest BCUT2D eigenvalue weighted by molar-refractivity contribution is 5.77. The zero-order valence-electron chi connectivity index (χ0n) is 37.5. The number of carbonyl (C=O) groups is 3. The van der Waals surface area contributed by atoms with Crippen molar-refractivity contribution in [3.8, 4) is 0 Å². The van der Waals surface area contributed by atoms with Gasteiger partial charge in [-0.3, -0.25) is 14.4 Å². The summed E-state index contributed by atoms with van der Waals surface area (Å²) in [6.07, 6.45) is -7.41. The van der Waals surface area contributed by atoms with E-state index in [1.165, 1.54) is 0 Å². The molecule has 0 aromatic rings. The van der Waals surface area contributed by atoms with E-state index in [1.54, 1.807) is 20.8 Å². The summed E-state index contributed by atoms with van der Waals surface area (Å²) < 4.78 is 34.9. The quantitative estimate of drug-likeness (QED) is 0.0385. The maximum Gasteiger partial charge on any atom is 0.247 e. The number of rotatable bonds is 25. The molecule has 3 fully saturated rings. The van der Waals surface area contributed by atoms with E-state index in [9.17, 15) is 60.3 Å². The Kier molecular flexibility index (Phi) is 22.9. The molecule has 3 rings (SSSR count). The van der Waals surface area contributed by atoms with E-state index in [0.717, 1.165) is 0 Å². The number of aliphatic hydroxyl groups excluding tert-OH is 9. The first-order valence-corrected chi connectivity index (χ1v) is 21.8. The number of hydrogen-bond donors (Lipinski definition) is 13. The van der Waals surface area contributed by atoms with Crippen LogP contribution in [0.5, 0.6) is 0 Å². The third-order valence-corrected chi connectivity index (χ3v) is 12.4. The Hall–Kier alpha value is -2.23. The van der Waals surface area contributed by atoms with E-state index >= 15 is 0 Å². The topological polar surface area (TPSA) is 337 Å². The Balaban J connectivity index is 1.59. The molecule has 63 heavy (non-hydrogen) atoms. The molecule has 3 saturated carbocycles. The van der Waals surface area contributed by atoms with Gasteiger partial charge in [-0.1, -0.05) is 20.8 Å². The lowest BCUT2D eigenvalue weighted by molar-refractivity contribution is -0.151. The molecule has 22 heteroatoms. The highest BCUT2D eigenvalue weighted by Gasteiger charge is 2.44. The lowest BCUT2D eigenvalue weighted by Crippen LogP contribution is -2.62. The van der Waals surface area contributed by atoms with Crippen LogP contribution < -0.4 is 21.3 Å². The van der Waals surface area contributed by atoms with Gasteiger partial charge in [0.05, 0.1) is 80.3 Å². The minimum atomic E-state index is -1.25. The summed E-state index contributed by atoms with van der Waals surface area (Å²) in [6, 6.07) is 0. The molecule has 6 unspecified atom stereocenters. The molecule has 0 spiro atoms. The summed E-state index contributed by atoms with van der Waals surface area (Å²) >= 11 is 0. The van der Waals surface area contributed by atoms with E-state index in [1.807, 2.05) is 20.8 Å². The van der Waals surface area contributed by atoms with E-state index in [0.29, 0.717) is 0 Å². The molecule has 0 radical (unpaired) electrons. The largest absolute Gasteiger partial charge is 0.396 e. The highest BCUT2D eigenvalue weighted by Crippen LogP contribution is 2.33. The number of hydrogen-bond acceptors (Lipinski definition) is 19. The van der Waals surface area contributed by atoms with Crippen molar-refractivity contribution in [2.24, 2.45) is 35.5 Å². The van der Waals surface area contributed by atoms with Crippen molar-refractivity contribution in [2.75, 3.05) is 79.7 Å². The van der Waals surface area contributed by atoms with E-state index in [4.69, 9.17) is 28.4 Å². The number of aliphatic hydroxyl groups is 9. The molecule has 3 aliphatic rings. The van der Waals surface area contributed by atoms with Gasteiger partial charge in [-0.15, -0.1) is 0 Å². The third-order valence-electron chi connectivity index (χ3n) is 12.4. The van der Waals surface area contributed by atoms with Crippen LogP contribution in [0.25, 0.3) is 0 Å². The van der Waals surface area contributed by atoms with Crippen LogP contribution in [0, 0.1) is 35.5 Å². The SMILES string of the molecule is CC1[C@@H](O)[C@@H](O)C(CO)C[C@H]1OCNC(=O)COCC(COCC(=O)NCO[C@@H]1CC(CO)[C@H](O)[C@H](O)C1C)(COCC(=O)NCO[C@@H]1CC(CO)[C@H](O)[C@H](O)C1C)NC(C)(C)C. The smallest absolute Gasteiger partial charge is 0.247 e. The van der Waals surface area contributed by atoms with Gasteiger partial charge in [-0.2, -0.15) is 0 Å². The van der Waals surface area contributed by atoms with Crippen molar-refractivity contribution >= 4 is 17.7 Å². The fourth-order valence-electron chi connectivity index (χ4n) is 8.48. The first kappa shape index (κ1) is 55.1. The molecule has 3 amide bonds. The van der Waals surface area contributed by atoms with Crippen LogP contribution in [0.4, 0.5) is 0 Å². The molecule has 0 aromatic carbocycles. The van der Waals surface area contributed by atoms with Crippen molar-refractivity contribution in [2.45, 2.75) is 127 Å². The zero-order chi connectivity index (χ0) is 47.1. The lowest BCUT2D eigenvalue weighted by Gasteiger charge is -2.40. The van der Waals surface area contributed by atoms with Gasteiger partial charge in [0.2, 0.25) is 17.7 Å². The predicted molar refractivity (Wildman–Crippen MR) is 221 cm³/mol. The minimum absolute atomic E-state index is 0.213. The summed E-state index contributed by atoms with van der Waals surface area (Å²) in [5.41, 5.74) is -1.87. The van der Waals surface area contributed by atoms with Crippen LogP contribution in [-0.4, -0.2) is 209 Å². The van der Waals surface area contributed by atoms with Gasteiger partial charge in [-0.05, 0) is 40.0 Å². The summed E-state index contributed by atoms with van der Waals surface area (Å²) in [6.45, 7) is 6.98. The Morgan fingerprint density at radius 1 is 0.492 bits per heavy atom. The average molecular weight is 913 g/mol. The molecule has 0 heterocycles. The molecular weight excluding hydrogens is 836 g/mol. The standard InChI is InChI=1S/C41H76N4O18/c1-22-28(7-25(10-46)37(55)34(22)52)61-19-42-31(49)13-58-16-41(45-40(4,5)6,17-59-14-32(50)43-20-62-29-8-26(11-47)38(56)35(53)23(29)2)18-60-15-33(51)44-21-63-30-9-27(12-48)39(57)36(54)24(30)3/h22-30,34-39,45-48,52-57H,7-21H2,1-6H3,(H,42,49)(H,43,50)(H,44,51)/t22?,23?,24?,25?,26?,27?,28-,29-,30-,34-,35-,36-,37+,38+,39+,41?/m1/s1. The van der Waals surface area contributed by atoms with Crippen LogP contribution in [0.3, 0.4) is 0 Å². The molecule has 0 aliphatic heterocycles.